The molecule has 28 heavy (non-hydrogen) atoms. The van der Waals surface area contributed by atoms with E-state index < -0.39 is 11.2 Å². The van der Waals surface area contributed by atoms with Crippen LogP contribution >= 0.6 is 0 Å². The van der Waals surface area contributed by atoms with E-state index >= 15 is 0 Å². The minimum Gasteiger partial charge on any atom is -0.338 e. The number of nitrogens with zero attached hydrogens (tertiary/aromatic N) is 5. The van der Waals surface area contributed by atoms with Gasteiger partial charge in [-0.2, -0.15) is 0 Å². The molecule has 1 aromatic carbocycles. The molecular weight excluding hydrogens is 360 g/mol. The van der Waals surface area contributed by atoms with Gasteiger partial charge in [0.15, 0.2) is 11.5 Å². The summed E-state index contributed by atoms with van der Waals surface area (Å²) in [5.74, 6) is 0.507. The molecule has 0 saturated carbocycles. The monoisotopic (exact) mass is 378 g/mol. The Labute approximate surface area is 158 Å². The average Bonchev–Trinajstić information content (AvgIpc) is 3.10. The third-order valence-corrected chi connectivity index (χ3v) is 4.64. The number of benzene rings is 1. The number of nitrogens with one attached hydrogen (secondary N) is 1. The van der Waals surface area contributed by atoms with Gasteiger partial charge in [0.25, 0.3) is 5.56 Å². The Morgan fingerprint density at radius 2 is 1.89 bits per heavy atom. The zero-order valence-electron chi connectivity index (χ0n) is 15.2. The fraction of sp³-hybridized carbons (Fsp3) is 0.211. The van der Waals surface area contributed by atoms with Crippen LogP contribution in [0, 0.1) is 0 Å². The maximum absolute atomic E-state index is 12.6. The zero-order chi connectivity index (χ0) is 19.7. The Bertz CT molecular complexity index is 1290. The number of hydrogen-bond acceptors (Lipinski definition) is 5. The molecule has 3 aromatic heterocycles. The van der Waals surface area contributed by atoms with Gasteiger partial charge in [0.1, 0.15) is 0 Å². The topological polar surface area (TPSA) is 105 Å². The maximum Gasteiger partial charge on any atom is 0.328 e. The molecule has 4 aromatic rings. The van der Waals surface area contributed by atoms with Gasteiger partial charge in [0, 0.05) is 26.2 Å². The molecule has 0 unspecified atom stereocenters. The second-order valence-electron chi connectivity index (χ2n) is 6.47. The van der Waals surface area contributed by atoms with Crippen LogP contribution in [0.25, 0.3) is 16.6 Å². The summed E-state index contributed by atoms with van der Waals surface area (Å²) in [4.78, 5) is 40.5. The summed E-state index contributed by atoms with van der Waals surface area (Å²) in [5.41, 5.74) is 0.265. The molecule has 1 N–H and O–H groups in total. The van der Waals surface area contributed by atoms with Crippen molar-refractivity contribution in [3.05, 3.63) is 75.3 Å². The van der Waals surface area contributed by atoms with Crippen LogP contribution in [-0.4, -0.2) is 42.0 Å². The molecule has 0 aliphatic carbocycles. The van der Waals surface area contributed by atoms with Gasteiger partial charge in [-0.1, -0.05) is 18.2 Å². The second-order valence-corrected chi connectivity index (χ2v) is 6.47. The van der Waals surface area contributed by atoms with Crippen molar-refractivity contribution in [2.24, 2.45) is 0 Å². The van der Waals surface area contributed by atoms with Crippen LogP contribution in [0.15, 0.2) is 58.3 Å². The summed E-state index contributed by atoms with van der Waals surface area (Å²) in [5, 5.41) is 8.61. The number of carbonyl (C=O) groups is 1. The molecule has 0 radical (unpaired) electrons. The molecule has 142 valence electrons. The van der Waals surface area contributed by atoms with Gasteiger partial charge in [-0.25, -0.2) is 4.79 Å². The van der Waals surface area contributed by atoms with Gasteiger partial charge < -0.3 is 4.90 Å². The van der Waals surface area contributed by atoms with E-state index in [0.717, 1.165) is 0 Å². The fourth-order valence-corrected chi connectivity index (χ4v) is 3.16. The minimum absolute atomic E-state index is 0.114. The summed E-state index contributed by atoms with van der Waals surface area (Å²) in [7, 11) is 1.68. The number of aryl methyl sites for hydroxylation is 1. The molecule has 0 spiro atoms. The Kier molecular flexibility index (Phi) is 4.48. The van der Waals surface area contributed by atoms with Crippen LogP contribution < -0.4 is 11.2 Å². The number of carbonyl (C=O) groups excluding carboxylic acids is 1. The van der Waals surface area contributed by atoms with Gasteiger partial charge in [-0.3, -0.25) is 23.5 Å². The summed E-state index contributed by atoms with van der Waals surface area (Å²) in [6.07, 6.45) is 1.96. The lowest BCUT2D eigenvalue weighted by atomic mass is 10.2. The molecule has 0 bridgehead atoms. The third-order valence-electron chi connectivity index (χ3n) is 4.64. The van der Waals surface area contributed by atoms with Crippen molar-refractivity contribution in [1.29, 1.82) is 0 Å². The smallest absolute Gasteiger partial charge is 0.328 e. The molecule has 9 heteroatoms. The van der Waals surface area contributed by atoms with Crippen LogP contribution in [0.5, 0.6) is 0 Å². The number of aromatic amines is 1. The Balaban J connectivity index is 1.51. The van der Waals surface area contributed by atoms with Crippen LogP contribution in [0.2, 0.25) is 0 Å². The van der Waals surface area contributed by atoms with E-state index in [1.54, 1.807) is 36.2 Å². The van der Waals surface area contributed by atoms with Crippen molar-refractivity contribution in [2.75, 3.05) is 7.05 Å². The quantitative estimate of drug-likeness (QED) is 0.553. The van der Waals surface area contributed by atoms with Crippen LogP contribution in [0.1, 0.15) is 12.2 Å². The number of para-hydroxylation sites is 1. The van der Waals surface area contributed by atoms with Crippen LogP contribution in [-0.2, 0) is 17.9 Å². The lowest BCUT2D eigenvalue weighted by molar-refractivity contribution is -0.130. The molecule has 0 saturated heterocycles. The first-order valence-corrected chi connectivity index (χ1v) is 8.79. The summed E-state index contributed by atoms with van der Waals surface area (Å²) in [6, 6.07) is 12.4. The predicted molar refractivity (Wildman–Crippen MR) is 103 cm³/mol. The van der Waals surface area contributed by atoms with Crippen LogP contribution in [0.4, 0.5) is 0 Å². The van der Waals surface area contributed by atoms with Gasteiger partial charge in [0.05, 0.1) is 17.4 Å². The van der Waals surface area contributed by atoms with Crippen molar-refractivity contribution in [3.8, 4) is 0 Å². The van der Waals surface area contributed by atoms with Gasteiger partial charge in [-0.15, -0.1) is 10.2 Å². The first-order chi connectivity index (χ1) is 13.5. The van der Waals surface area contributed by atoms with Crippen molar-refractivity contribution >= 4 is 22.5 Å². The van der Waals surface area contributed by atoms with E-state index in [4.69, 9.17) is 0 Å². The molecule has 1 amide bonds. The highest BCUT2D eigenvalue weighted by Crippen LogP contribution is 2.09. The van der Waals surface area contributed by atoms with Gasteiger partial charge >= 0.3 is 5.69 Å². The van der Waals surface area contributed by atoms with Gasteiger partial charge in [0.2, 0.25) is 5.91 Å². The zero-order valence-corrected chi connectivity index (χ0v) is 15.2. The van der Waals surface area contributed by atoms with Crippen molar-refractivity contribution in [3.63, 3.8) is 0 Å². The lowest BCUT2D eigenvalue weighted by Gasteiger charge is -2.17. The van der Waals surface area contributed by atoms with E-state index in [0.29, 0.717) is 28.9 Å². The average molecular weight is 378 g/mol. The molecule has 0 aliphatic rings. The molecule has 3 heterocycles. The first kappa shape index (κ1) is 17.7. The highest BCUT2D eigenvalue weighted by molar-refractivity contribution is 5.78. The molecule has 0 fully saturated rings. The summed E-state index contributed by atoms with van der Waals surface area (Å²) < 4.78 is 3.23. The Morgan fingerprint density at radius 1 is 1.11 bits per heavy atom. The number of rotatable bonds is 5. The van der Waals surface area contributed by atoms with E-state index in [9.17, 15) is 14.4 Å². The highest BCUT2D eigenvalue weighted by Gasteiger charge is 2.15. The fourth-order valence-electron chi connectivity index (χ4n) is 3.16. The van der Waals surface area contributed by atoms with Crippen molar-refractivity contribution in [1.82, 2.24) is 29.0 Å². The number of amides is 1. The minimum atomic E-state index is -0.525. The standard InChI is InChI=1S/C19H18N6O3/c1-23(12-16-22-21-15-8-4-5-10-25(15)16)17(26)9-11-24-14-7-3-2-6-13(14)18(27)20-19(24)28/h2-8,10H,9,11-12H2,1H3,(H,20,27,28). The van der Waals surface area contributed by atoms with Crippen molar-refractivity contribution < 1.29 is 4.79 Å². The number of aromatic nitrogens is 5. The summed E-state index contributed by atoms with van der Waals surface area (Å²) in [6.45, 7) is 0.463. The summed E-state index contributed by atoms with van der Waals surface area (Å²) >= 11 is 0. The molecule has 9 nitrogen and oxygen atoms in total. The SMILES string of the molecule is CN(Cc1nnc2ccccn12)C(=O)CCn1c(=O)[nH]c(=O)c2ccccc21. The van der Waals surface area contributed by atoms with Crippen LogP contribution in [0.3, 0.4) is 0 Å². The van der Waals surface area contributed by atoms with Gasteiger partial charge in [-0.05, 0) is 24.3 Å². The molecule has 0 atom stereocenters. The normalized spacial score (nSPS) is 11.2. The highest BCUT2D eigenvalue weighted by atomic mass is 16.2. The van der Waals surface area contributed by atoms with E-state index in [1.807, 2.05) is 28.8 Å². The Morgan fingerprint density at radius 3 is 2.75 bits per heavy atom. The number of H-pyrrole nitrogens is 1. The van der Waals surface area contributed by atoms with E-state index in [1.165, 1.54) is 4.57 Å². The largest absolute Gasteiger partial charge is 0.338 e. The number of pyridine rings is 1. The predicted octanol–water partition coefficient (Wildman–Crippen LogP) is 0.781. The van der Waals surface area contributed by atoms with Crippen molar-refractivity contribution in [2.45, 2.75) is 19.5 Å². The maximum atomic E-state index is 12.6. The van der Waals surface area contributed by atoms with E-state index in [-0.39, 0.29) is 18.9 Å². The molecule has 0 aliphatic heterocycles. The number of fused-ring (bicyclic) bond motifs is 2. The third kappa shape index (κ3) is 3.18. The first-order valence-electron chi connectivity index (χ1n) is 8.79. The van der Waals surface area contributed by atoms with E-state index in [2.05, 4.69) is 15.2 Å². The Hall–Kier alpha value is -3.75. The molecule has 4 rings (SSSR count). The lowest BCUT2D eigenvalue weighted by Crippen LogP contribution is -2.33. The number of hydrogen-bond donors (Lipinski definition) is 1. The second kappa shape index (κ2) is 7.10. The molecular formula is C19H18N6O3.